The van der Waals surface area contributed by atoms with Crippen molar-refractivity contribution in [3.05, 3.63) is 58.3 Å². The minimum atomic E-state index is -0.189. The minimum Gasteiger partial charge on any atom is -0.492 e. The van der Waals surface area contributed by atoms with Crippen LogP contribution in [0.3, 0.4) is 0 Å². The molecule has 2 rings (SSSR count). The van der Waals surface area contributed by atoms with Gasteiger partial charge < -0.3 is 10.5 Å². The van der Waals surface area contributed by atoms with Crippen molar-refractivity contribution < 1.29 is 4.74 Å². The largest absolute Gasteiger partial charge is 0.492 e. The van der Waals surface area contributed by atoms with E-state index in [1.165, 1.54) is 0 Å². The molecule has 1 aromatic heterocycles. The van der Waals surface area contributed by atoms with Gasteiger partial charge in [0.25, 0.3) is 0 Å². The van der Waals surface area contributed by atoms with Crippen molar-refractivity contribution in [3.63, 3.8) is 0 Å². The predicted octanol–water partition coefficient (Wildman–Crippen LogP) is 3.29. The van der Waals surface area contributed by atoms with E-state index in [-0.39, 0.29) is 6.04 Å². The molecule has 94 valence electrons. The van der Waals surface area contributed by atoms with Crippen LogP contribution in [0.25, 0.3) is 0 Å². The van der Waals surface area contributed by atoms with Gasteiger partial charge in [-0.3, -0.25) is 4.98 Å². The Morgan fingerprint density at radius 1 is 1.22 bits per heavy atom. The molecule has 0 aliphatic carbocycles. The zero-order chi connectivity index (χ0) is 13.0. The van der Waals surface area contributed by atoms with Crippen LogP contribution in [0.4, 0.5) is 0 Å². The van der Waals surface area contributed by atoms with Crippen LogP contribution >= 0.6 is 15.9 Å². The average Bonchev–Trinajstić information content (AvgIpc) is 2.39. The second kappa shape index (κ2) is 5.98. The number of hydrogen-bond acceptors (Lipinski definition) is 3. The fourth-order valence-corrected chi connectivity index (χ4v) is 1.98. The first kappa shape index (κ1) is 13.1. The van der Waals surface area contributed by atoms with E-state index < -0.39 is 0 Å². The summed E-state index contributed by atoms with van der Waals surface area (Å²) in [6.45, 7) is 2.57. The lowest BCUT2D eigenvalue weighted by atomic mass is 10.0. The zero-order valence-corrected chi connectivity index (χ0v) is 11.7. The molecule has 0 radical (unpaired) electrons. The molecule has 4 heteroatoms. The van der Waals surface area contributed by atoms with Crippen LogP contribution in [0.1, 0.15) is 24.1 Å². The van der Waals surface area contributed by atoms with E-state index in [0.29, 0.717) is 6.61 Å². The predicted molar refractivity (Wildman–Crippen MR) is 75.6 cm³/mol. The molecule has 1 atom stereocenters. The van der Waals surface area contributed by atoms with Crippen molar-refractivity contribution in [2.45, 2.75) is 13.0 Å². The number of hydrogen-bond donors (Lipinski definition) is 1. The highest BCUT2D eigenvalue weighted by Crippen LogP contribution is 2.23. The van der Waals surface area contributed by atoms with Crippen molar-refractivity contribution in [1.29, 1.82) is 0 Å². The van der Waals surface area contributed by atoms with Crippen LogP contribution in [-0.4, -0.2) is 11.6 Å². The molecule has 0 fully saturated rings. The summed E-state index contributed by atoms with van der Waals surface area (Å²) in [6.07, 6.45) is 3.47. The smallest absolute Gasteiger partial charge is 0.137 e. The summed E-state index contributed by atoms with van der Waals surface area (Å²) >= 11 is 3.41. The normalized spacial score (nSPS) is 12.2. The summed E-state index contributed by atoms with van der Waals surface area (Å²) in [7, 11) is 0. The van der Waals surface area contributed by atoms with E-state index in [1.54, 1.807) is 12.4 Å². The quantitative estimate of drug-likeness (QED) is 0.943. The second-order valence-corrected chi connectivity index (χ2v) is 4.83. The van der Waals surface area contributed by atoms with Gasteiger partial charge in [-0.2, -0.15) is 0 Å². The van der Waals surface area contributed by atoms with Crippen molar-refractivity contribution in [2.24, 2.45) is 5.73 Å². The fraction of sp³-hybridized carbons (Fsp3) is 0.214. The standard InChI is InChI=1S/C14H15BrN2O/c1-2-18-13-7-11(8-17-9-13)14(16)10-3-5-12(15)6-4-10/h3-9,14H,2,16H2,1H3. The molecule has 3 nitrogen and oxygen atoms in total. The molecule has 2 aromatic rings. The molecule has 0 aliphatic rings. The Morgan fingerprint density at radius 2 is 1.94 bits per heavy atom. The van der Waals surface area contributed by atoms with Gasteiger partial charge in [0.2, 0.25) is 0 Å². The van der Waals surface area contributed by atoms with Gasteiger partial charge in [0.15, 0.2) is 0 Å². The lowest BCUT2D eigenvalue weighted by Crippen LogP contribution is -2.12. The molecule has 1 heterocycles. The van der Waals surface area contributed by atoms with E-state index in [1.807, 2.05) is 37.3 Å². The molecular formula is C14H15BrN2O. The van der Waals surface area contributed by atoms with Crippen LogP contribution in [0.2, 0.25) is 0 Å². The van der Waals surface area contributed by atoms with E-state index in [9.17, 15) is 0 Å². The first-order valence-corrected chi connectivity index (χ1v) is 6.59. The van der Waals surface area contributed by atoms with Gasteiger partial charge in [-0.05, 0) is 36.2 Å². The minimum absolute atomic E-state index is 0.189. The molecule has 0 saturated heterocycles. The number of rotatable bonds is 4. The van der Waals surface area contributed by atoms with Crippen LogP contribution < -0.4 is 10.5 Å². The van der Waals surface area contributed by atoms with Gasteiger partial charge in [-0.25, -0.2) is 0 Å². The third-order valence-electron chi connectivity index (χ3n) is 2.63. The average molecular weight is 307 g/mol. The Morgan fingerprint density at radius 3 is 2.61 bits per heavy atom. The molecule has 0 amide bonds. The summed E-state index contributed by atoms with van der Waals surface area (Å²) in [5.41, 5.74) is 8.22. The number of aromatic nitrogens is 1. The molecule has 0 saturated carbocycles. The van der Waals surface area contributed by atoms with Gasteiger partial charge in [0.1, 0.15) is 5.75 Å². The topological polar surface area (TPSA) is 48.1 Å². The fourth-order valence-electron chi connectivity index (χ4n) is 1.71. The number of pyridine rings is 1. The molecule has 1 aromatic carbocycles. The van der Waals surface area contributed by atoms with Crippen LogP contribution in [0.5, 0.6) is 5.75 Å². The third kappa shape index (κ3) is 3.09. The van der Waals surface area contributed by atoms with E-state index >= 15 is 0 Å². The molecule has 1 unspecified atom stereocenters. The Hall–Kier alpha value is -1.39. The van der Waals surface area contributed by atoms with E-state index in [4.69, 9.17) is 10.5 Å². The lowest BCUT2D eigenvalue weighted by Gasteiger charge is -2.13. The number of nitrogens with two attached hydrogens (primary N) is 1. The maximum absolute atomic E-state index is 6.22. The van der Waals surface area contributed by atoms with Crippen molar-refractivity contribution >= 4 is 15.9 Å². The van der Waals surface area contributed by atoms with Crippen LogP contribution in [-0.2, 0) is 0 Å². The van der Waals surface area contributed by atoms with Gasteiger partial charge in [-0.1, -0.05) is 28.1 Å². The van der Waals surface area contributed by atoms with Gasteiger partial charge in [0.05, 0.1) is 18.8 Å². The number of nitrogens with zero attached hydrogens (tertiary/aromatic N) is 1. The van der Waals surface area contributed by atoms with Crippen molar-refractivity contribution in [1.82, 2.24) is 4.98 Å². The first-order chi connectivity index (χ1) is 8.70. The van der Waals surface area contributed by atoms with E-state index in [0.717, 1.165) is 21.3 Å². The Kier molecular flexibility index (Phi) is 4.33. The highest BCUT2D eigenvalue weighted by Gasteiger charge is 2.10. The Bertz CT molecular complexity index is 513. The number of benzene rings is 1. The van der Waals surface area contributed by atoms with Gasteiger partial charge in [-0.15, -0.1) is 0 Å². The first-order valence-electron chi connectivity index (χ1n) is 5.79. The molecule has 0 spiro atoms. The molecule has 2 N–H and O–H groups in total. The second-order valence-electron chi connectivity index (χ2n) is 3.92. The molecular weight excluding hydrogens is 292 g/mol. The lowest BCUT2D eigenvalue weighted by molar-refractivity contribution is 0.338. The van der Waals surface area contributed by atoms with Gasteiger partial charge >= 0.3 is 0 Å². The number of ether oxygens (including phenoxy) is 1. The Labute approximate surface area is 115 Å². The number of halogens is 1. The summed E-state index contributed by atoms with van der Waals surface area (Å²) in [4.78, 5) is 4.15. The summed E-state index contributed by atoms with van der Waals surface area (Å²) < 4.78 is 6.47. The molecule has 0 bridgehead atoms. The van der Waals surface area contributed by atoms with Crippen LogP contribution in [0, 0.1) is 0 Å². The molecule has 18 heavy (non-hydrogen) atoms. The maximum Gasteiger partial charge on any atom is 0.137 e. The van der Waals surface area contributed by atoms with Crippen molar-refractivity contribution in [2.75, 3.05) is 6.61 Å². The zero-order valence-electron chi connectivity index (χ0n) is 10.1. The Balaban J connectivity index is 2.24. The highest BCUT2D eigenvalue weighted by atomic mass is 79.9. The summed E-state index contributed by atoms with van der Waals surface area (Å²) in [6, 6.07) is 9.71. The SMILES string of the molecule is CCOc1cncc(C(N)c2ccc(Br)cc2)c1. The third-order valence-corrected chi connectivity index (χ3v) is 3.16. The highest BCUT2D eigenvalue weighted by molar-refractivity contribution is 9.10. The monoisotopic (exact) mass is 306 g/mol. The van der Waals surface area contributed by atoms with Crippen LogP contribution in [0.15, 0.2) is 47.2 Å². The van der Waals surface area contributed by atoms with Crippen molar-refractivity contribution in [3.8, 4) is 5.75 Å². The summed E-state index contributed by atoms with van der Waals surface area (Å²) in [5, 5.41) is 0. The van der Waals surface area contributed by atoms with Gasteiger partial charge in [0, 0.05) is 10.7 Å². The summed E-state index contributed by atoms with van der Waals surface area (Å²) in [5.74, 6) is 0.752. The maximum atomic E-state index is 6.22. The van der Waals surface area contributed by atoms with E-state index in [2.05, 4.69) is 20.9 Å². The molecule has 0 aliphatic heterocycles.